The van der Waals surface area contributed by atoms with Gasteiger partial charge in [0.25, 0.3) is 5.91 Å². The smallest absolute Gasteiger partial charge is 0.339 e. The summed E-state index contributed by atoms with van der Waals surface area (Å²) in [6, 6.07) is 21.5. The summed E-state index contributed by atoms with van der Waals surface area (Å²) < 4.78 is 21.2. The van der Waals surface area contributed by atoms with Crippen LogP contribution in [0.4, 0.5) is 5.69 Å². The first kappa shape index (κ1) is 21.0. The molecule has 0 saturated heterocycles. The number of methoxy groups -OCH3 is 1. The molecule has 0 atom stereocenters. The Bertz CT molecular complexity index is 1160. The number of carbonyl (C=O) groups excluding carboxylic acids is 2. The van der Waals surface area contributed by atoms with Crippen molar-refractivity contribution in [1.82, 2.24) is 0 Å². The summed E-state index contributed by atoms with van der Waals surface area (Å²) in [7, 11) is 1.56. The number of fused-ring (bicyclic) bond motifs is 1. The Labute approximate surface area is 185 Å². The monoisotopic (exact) mass is 431 g/mol. The van der Waals surface area contributed by atoms with Crippen LogP contribution >= 0.6 is 0 Å². The van der Waals surface area contributed by atoms with Crippen molar-refractivity contribution < 1.29 is 28.5 Å². The molecule has 162 valence electrons. The molecule has 4 rings (SSSR count). The van der Waals surface area contributed by atoms with E-state index in [4.69, 9.17) is 18.9 Å². The lowest BCUT2D eigenvalue weighted by molar-refractivity contribution is -0.141. The van der Waals surface area contributed by atoms with Crippen LogP contribution in [-0.4, -0.2) is 32.4 Å². The number of ether oxygens (including phenoxy) is 4. The second kappa shape index (κ2) is 9.70. The van der Waals surface area contributed by atoms with E-state index in [0.717, 1.165) is 5.56 Å². The maximum atomic E-state index is 12.9. The number of carbonyl (C=O) groups is 2. The SMILES string of the molecule is COc1ccccc1C=C(C(=O)OCC(=O)Nc1ccc2c(c1)OCO2)c1ccccc1. The predicted molar refractivity (Wildman–Crippen MR) is 119 cm³/mol. The highest BCUT2D eigenvalue weighted by Gasteiger charge is 2.18. The third-order valence-corrected chi connectivity index (χ3v) is 4.73. The molecule has 1 N–H and O–H groups in total. The Kier molecular flexibility index (Phi) is 6.36. The Morgan fingerprint density at radius 1 is 0.969 bits per heavy atom. The van der Waals surface area contributed by atoms with Crippen molar-refractivity contribution in [2.75, 3.05) is 25.8 Å². The number of rotatable bonds is 7. The zero-order valence-corrected chi connectivity index (χ0v) is 17.4. The number of amides is 1. The van der Waals surface area contributed by atoms with Gasteiger partial charge in [-0.05, 0) is 29.8 Å². The van der Waals surface area contributed by atoms with Crippen molar-refractivity contribution in [2.45, 2.75) is 0 Å². The van der Waals surface area contributed by atoms with E-state index in [0.29, 0.717) is 34.1 Å². The minimum atomic E-state index is -0.622. The van der Waals surface area contributed by atoms with Crippen LogP contribution in [-0.2, 0) is 14.3 Å². The van der Waals surface area contributed by atoms with Crippen molar-refractivity contribution >= 4 is 29.2 Å². The standard InChI is InChI=1S/C25H21NO6/c1-29-21-10-6-5-9-18(21)13-20(17-7-3-2-4-8-17)25(28)30-15-24(27)26-19-11-12-22-23(14-19)32-16-31-22/h2-14H,15-16H2,1H3,(H,26,27). The second-order valence-corrected chi connectivity index (χ2v) is 6.86. The van der Waals surface area contributed by atoms with Crippen LogP contribution in [0.2, 0.25) is 0 Å². The molecule has 0 radical (unpaired) electrons. The Morgan fingerprint density at radius 2 is 1.72 bits per heavy atom. The summed E-state index contributed by atoms with van der Waals surface area (Å²) in [6.07, 6.45) is 1.69. The summed E-state index contributed by atoms with van der Waals surface area (Å²) in [6.45, 7) is -0.297. The number of para-hydroxylation sites is 1. The third kappa shape index (κ3) is 4.89. The second-order valence-electron chi connectivity index (χ2n) is 6.86. The quantitative estimate of drug-likeness (QED) is 0.344. The molecule has 0 unspecified atom stereocenters. The number of nitrogens with one attached hydrogen (secondary N) is 1. The first-order valence-corrected chi connectivity index (χ1v) is 9.91. The zero-order chi connectivity index (χ0) is 22.3. The first-order chi connectivity index (χ1) is 15.6. The van der Waals surface area contributed by atoms with E-state index in [2.05, 4.69) is 5.32 Å². The van der Waals surface area contributed by atoms with Crippen molar-refractivity contribution in [3.8, 4) is 17.2 Å². The molecule has 7 heteroatoms. The van der Waals surface area contributed by atoms with Crippen LogP contribution in [0.25, 0.3) is 11.6 Å². The molecule has 0 bridgehead atoms. The molecule has 3 aromatic rings. The van der Waals surface area contributed by atoms with Gasteiger partial charge in [-0.2, -0.15) is 0 Å². The van der Waals surface area contributed by atoms with E-state index in [1.165, 1.54) is 0 Å². The lowest BCUT2D eigenvalue weighted by Crippen LogP contribution is -2.21. The summed E-state index contributed by atoms with van der Waals surface area (Å²) in [5.74, 6) is 0.688. The summed E-state index contributed by atoms with van der Waals surface area (Å²) >= 11 is 0. The van der Waals surface area contributed by atoms with Gasteiger partial charge in [-0.25, -0.2) is 4.79 Å². The number of hydrogen-bond donors (Lipinski definition) is 1. The lowest BCUT2D eigenvalue weighted by Gasteiger charge is -2.11. The van der Waals surface area contributed by atoms with Gasteiger partial charge in [-0.15, -0.1) is 0 Å². The van der Waals surface area contributed by atoms with Gasteiger partial charge in [-0.1, -0.05) is 48.5 Å². The highest BCUT2D eigenvalue weighted by atomic mass is 16.7. The van der Waals surface area contributed by atoms with Crippen molar-refractivity contribution in [1.29, 1.82) is 0 Å². The molecule has 0 aromatic heterocycles. The molecule has 0 aliphatic carbocycles. The van der Waals surface area contributed by atoms with Crippen molar-refractivity contribution in [2.24, 2.45) is 0 Å². The molecule has 3 aromatic carbocycles. The fourth-order valence-electron chi connectivity index (χ4n) is 3.20. The van der Waals surface area contributed by atoms with Gasteiger partial charge in [0.05, 0.1) is 12.7 Å². The molecule has 0 saturated carbocycles. The molecular formula is C25H21NO6. The highest BCUT2D eigenvalue weighted by Crippen LogP contribution is 2.34. The molecule has 0 spiro atoms. The minimum Gasteiger partial charge on any atom is -0.496 e. The third-order valence-electron chi connectivity index (χ3n) is 4.73. The molecule has 1 aliphatic heterocycles. The lowest BCUT2D eigenvalue weighted by atomic mass is 10.0. The largest absolute Gasteiger partial charge is 0.496 e. The average Bonchev–Trinajstić information content (AvgIpc) is 3.30. The van der Waals surface area contributed by atoms with Gasteiger partial charge in [0.2, 0.25) is 6.79 Å². The van der Waals surface area contributed by atoms with Gasteiger partial charge < -0.3 is 24.3 Å². The van der Waals surface area contributed by atoms with E-state index >= 15 is 0 Å². The Hall–Kier alpha value is -4.26. The summed E-state index contributed by atoms with van der Waals surface area (Å²) in [5, 5.41) is 2.68. The Balaban J connectivity index is 1.48. The van der Waals surface area contributed by atoms with Crippen LogP contribution in [0.5, 0.6) is 17.2 Å². The van der Waals surface area contributed by atoms with E-state index in [1.807, 2.05) is 36.4 Å². The van der Waals surface area contributed by atoms with Gasteiger partial charge in [-0.3, -0.25) is 4.79 Å². The number of hydrogen-bond acceptors (Lipinski definition) is 6. The summed E-state index contributed by atoms with van der Waals surface area (Å²) in [4.78, 5) is 25.2. The van der Waals surface area contributed by atoms with Crippen LogP contribution in [0.1, 0.15) is 11.1 Å². The molecule has 7 nitrogen and oxygen atoms in total. The van der Waals surface area contributed by atoms with Gasteiger partial charge >= 0.3 is 5.97 Å². The van der Waals surface area contributed by atoms with E-state index in [1.54, 1.807) is 49.6 Å². The normalized spacial score (nSPS) is 12.2. The van der Waals surface area contributed by atoms with Crippen molar-refractivity contribution in [3.63, 3.8) is 0 Å². The van der Waals surface area contributed by atoms with E-state index in [-0.39, 0.29) is 6.79 Å². The van der Waals surface area contributed by atoms with E-state index < -0.39 is 18.5 Å². The zero-order valence-electron chi connectivity index (χ0n) is 17.4. The predicted octanol–water partition coefficient (Wildman–Crippen LogP) is 4.15. The minimum absolute atomic E-state index is 0.144. The average molecular weight is 431 g/mol. The first-order valence-electron chi connectivity index (χ1n) is 9.91. The van der Waals surface area contributed by atoms with Crippen LogP contribution in [0, 0.1) is 0 Å². The molecular weight excluding hydrogens is 410 g/mol. The number of esters is 1. The van der Waals surface area contributed by atoms with Crippen LogP contribution in [0.15, 0.2) is 72.8 Å². The topological polar surface area (TPSA) is 83.1 Å². The molecule has 1 amide bonds. The maximum Gasteiger partial charge on any atom is 0.339 e. The summed E-state index contributed by atoms with van der Waals surface area (Å²) in [5.41, 5.74) is 2.21. The fourth-order valence-corrected chi connectivity index (χ4v) is 3.20. The molecule has 0 fully saturated rings. The van der Waals surface area contributed by atoms with E-state index in [9.17, 15) is 9.59 Å². The number of anilines is 1. The van der Waals surface area contributed by atoms with Crippen molar-refractivity contribution in [3.05, 3.63) is 83.9 Å². The van der Waals surface area contributed by atoms with Gasteiger partial charge in [0.1, 0.15) is 5.75 Å². The van der Waals surface area contributed by atoms with Gasteiger partial charge in [0.15, 0.2) is 18.1 Å². The highest BCUT2D eigenvalue weighted by molar-refractivity contribution is 6.22. The Morgan fingerprint density at radius 3 is 2.53 bits per heavy atom. The maximum absolute atomic E-state index is 12.9. The molecule has 1 aliphatic rings. The van der Waals surface area contributed by atoms with Crippen LogP contribution in [0.3, 0.4) is 0 Å². The van der Waals surface area contributed by atoms with Gasteiger partial charge in [0, 0.05) is 17.3 Å². The molecule has 1 heterocycles. The number of benzene rings is 3. The van der Waals surface area contributed by atoms with Crippen LogP contribution < -0.4 is 19.5 Å². The molecule has 32 heavy (non-hydrogen) atoms. The fraction of sp³-hybridized carbons (Fsp3) is 0.120.